The third-order valence-corrected chi connectivity index (χ3v) is 10.9. The molecule has 2 aliphatic rings. The summed E-state index contributed by atoms with van der Waals surface area (Å²) in [6.45, 7) is 3.36. The number of H-pyrrole nitrogens is 1. The zero-order valence-corrected chi connectivity index (χ0v) is 24.1. The lowest BCUT2D eigenvalue weighted by molar-refractivity contribution is -0.0312. The average molecular weight is 594 g/mol. The van der Waals surface area contributed by atoms with Crippen molar-refractivity contribution >= 4 is 31.1 Å². The Bertz CT molecular complexity index is 1570. The number of aromatic nitrogens is 2. The average Bonchev–Trinajstić information content (AvgIpc) is 3.53. The first-order valence-corrected chi connectivity index (χ1v) is 16.1. The zero-order chi connectivity index (χ0) is 28.5. The number of nitrogens with zero attached hydrogens (tertiary/aromatic N) is 2. The normalized spacial score (nSPS) is 20.7. The third-order valence-electron chi connectivity index (χ3n) is 7.66. The number of hydrogen-bond acceptors (Lipinski definition) is 9. The maximum absolute atomic E-state index is 13.3. The molecule has 0 amide bonds. The quantitative estimate of drug-likeness (QED) is 0.270. The molecule has 1 unspecified atom stereocenters. The Balaban J connectivity index is 1.09. The number of aryl methyl sites for hydroxylation is 1. The zero-order valence-electron chi connectivity index (χ0n) is 22.5. The monoisotopic (exact) mass is 593 g/mol. The Kier molecular flexibility index (Phi) is 8.21. The van der Waals surface area contributed by atoms with Gasteiger partial charge in [-0.25, -0.2) is 26.5 Å². The lowest BCUT2D eigenvalue weighted by atomic mass is 9.88. The largest absolute Gasteiger partial charge is 0.491 e. The fraction of sp³-hybridized carbons (Fsp3) is 0.500. The van der Waals surface area contributed by atoms with E-state index in [0.29, 0.717) is 50.4 Å². The highest BCUT2D eigenvalue weighted by molar-refractivity contribution is 7.89. The van der Waals surface area contributed by atoms with Crippen LogP contribution >= 0.6 is 0 Å². The predicted molar refractivity (Wildman–Crippen MR) is 148 cm³/mol. The molecule has 12 nitrogen and oxygen atoms in total. The summed E-state index contributed by atoms with van der Waals surface area (Å²) in [4.78, 5) is 7.59. The van der Waals surface area contributed by atoms with Gasteiger partial charge in [-0.05, 0) is 57.0 Å². The minimum Gasteiger partial charge on any atom is -0.491 e. The first kappa shape index (κ1) is 28.9. The van der Waals surface area contributed by atoms with Crippen LogP contribution in [0.1, 0.15) is 24.8 Å². The van der Waals surface area contributed by atoms with Crippen molar-refractivity contribution in [2.75, 3.05) is 39.9 Å². The maximum Gasteiger partial charge on any atom is 0.244 e. The molecule has 4 N–H and O–H groups in total. The van der Waals surface area contributed by atoms with Gasteiger partial charge in [0.2, 0.25) is 20.0 Å². The van der Waals surface area contributed by atoms with Gasteiger partial charge in [-0.3, -0.25) is 0 Å². The molecule has 1 aromatic carbocycles. The molecule has 0 saturated carbocycles. The van der Waals surface area contributed by atoms with Crippen LogP contribution in [0.5, 0.6) is 5.75 Å². The molecule has 14 heteroatoms. The number of fused-ring (bicyclic) bond motifs is 1. The Labute approximate surface area is 234 Å². The molecular formula is C26H35N5O7S2. The molecule has 0 bridgehead atoms. The molecule has 218 valence electrons. The Morgan fingerprint density at radius 1 is 1.23 bits per heavy atom. The van der Waals surface area contributed by atoms with E-state index in [2.05, 4.69) is 20.0 Å². The number of aliphatic hydroxyl groups is 1. The first-order chi connectivity index (χ1) is 19.0. The molecule has 2 atom stereocenters. The number of hydrogen-bond donors (Lipinski definition) is 4. The Hall–Kier alpha value is -2.59. The van der Waals surface area contributed by atoms with Gasteiger partial charge in [-0.15, -0.1) is 0 Å². The highest BCUT2D eigenvalue weighted by atomic mass is 32.2. The number of piperidine rings is 1. The van der Waals surface area contributed by atoms with E-state index in [1.54, 1.807) is 18.2 Å². The molecule has 5 rings (SSSR count). The topological polar surface area (TPSA) is 163 Å². The van der Waals surface area contributed by atoms with Gasteiger partial charge in [0, 0.05) is 49.5 Å². The fourth-order valence-electron chi connectivity index (χ4n) is 5.27. The fourth-order valence-corrected chi connectivity index (χ4v) is 7.45. The van der Waals surface area contributed by atoms with Crippen LogP contribution in [0, 0.1) is 6.92 Å². The highest BCUT2D eigenvalue weighted by Crippen LogP contribution is 2.37. The smallest absolute Gasteiger partial charge is 0.244 e. The van der Waals surface area contributed by atoms with Gasteiger partial charge < -0.3 is 24.9 Å². The molecule has 2 aromatic heterocycles. The third kappa shape index (κ3) is 6.03. The summed E-state index contributed by atoms with van der Waals surface area (Å²) in [6, 6.07) is 7.78. The van der Waals surface area contributed by atoms with Gasteiger partial charge in [0.15, 0.2) is 0 Å². The van der Waals surface area contributed by atoms with Crippen LogP contribution in [0.3, 0.4) is 0 Å². The van der Waals surface area contributed by atoms with Crippen molar-refractivity contribution in [2.24, 2.45) is 0 Å². The summed E-state index contributed by atoms with van der Waals surface area (Å²) < 4.78 is 66.1. The van der Waals surface area contributed by atoms with Gasteiger partial charge in [0.1, 0.15) is 29.0 Å². The molecule has 3 aromatic rings. The Morgan fingerprint density at radius 3 is 2.75 bits per heavy atom. The van der Waals surface area contributed by atoms with E-state index in [9.17, 15) is 21.9 Å². The molecule has 0 radical (unpaired) electrons. The van der Waals surface area contributed by atoms with Crippen LogP contribution in [0.2, 0.25) is 0 Å². The summed E-state index contributed by atoms with van der Waals surface area (Å²) in [5.41, 5.74) is 1.21. The van der Waals surface area contributed by atoms with Gasteiger partial charge in [-0.1, -0.05) is 6.07 Å². The molecule has 1 spiro atoms. The minimum absolute atomic E-state index is 0.00940. The minimum atomic E-state index is -3.67. The van der Waals surface area contributed by atoms with E-state index in [-0.39, 0.29) is 29.0 Å². The summed E-state index contributed by atoms with van der Waals surface area (Å²) in [5.74, 6) is 0.346. The molecular weight excluding hydrogens is 558 g/mol. The van der Waals surface area contributed by atoms with Crippen LogP contribution in [-0.2, 0) is 24.8 Å². The standard InChI is InChI=1S/C26H35N5O7S2/c1-18-13-29-25-24(18)11-23(15-30-25)40(35,36)31-8-6-26(7-9-31)12-19(16-38-26)28-14-20(32)17-37-21-4-3-5-22(10-21)39(33,34)27-2/h3-5,10-11,13,15,19-20,27-28,32H,6-9,12,14,16-17H2,1-2H3,(H,29,30)/t19-,20?/m1/s1. The number of rotatable bonds is 10. The van der Waals surface area contributed by atoms with Crippen molar-refractivity contribution in [2.45, 2.75) is 53.7 Å². The van der Waals surface area contributed by atoms with Gasteiger partial charge in [0.05, 0.1) is 17.1 Å². The van der Waals surface area contributed by atoms with E-state index in [4.69, 9.17) is 9.47 Å². The van der Waals surface area contributed by atoms with Crippen LogP contribution in [0.25, 0.3) is 11.0 Å². The van der Waals surface area contributed by atoms with Crippen molar-refractivity contribution in [1.82, 2.24) is 24.3 Å². The van der Waals surface area contributed by atoms with Crippen molar-refractivity contribution in [3.8, 4) is 5.75 Å². The number of ether oxygens (including phenoxy) is 2. The molecule has 4 heterocycles. The molecule has 2 saturated heterocycles. The summed E-state index contributed by atoms with van der Waals surface area (Å²) in [6.07, 6.45) is 4.28. The second-order valence-corrected chi connectivity index (χ2v) is 14.2. The highest BCUT2D eigenvalue weighted by Gasteiger charge is 2.44. The summed E-state index contributed by atoms with van der Waals surface area (Å²) in [5, 5.41) is 14.5. The van der Waals surface area contributed by atoms with Crippen molar-refractivity contribution in [3.05, 3.63) is 48.3 Å². The molecule has 2 fully saturated rings. The second-order valence-electron chi connectivity index (χ2n) is 10.4. The first-order valence-electron chi connectivity index (χ1n) is 13.2. The Morgan fingerprint density at radius 2 is 2.00 bits per heavy atom. The number of aliphatic hydroxyl groups excluding tert-OH is 1. The number of aromatic amines is 1. The lowest BCUT2D eigenvalue weighted by Gasteiger charge is -2.38. The van der Waals surface area contributed by atoms with Gasteiger partial charge in [-0.2, -0.15) is 4.31 Å². The van der Waals surface area contributed by atoms with Crippen LogP contribution in [-0.4, -0.2) is 93.9 Å². The lowest BCUT2D eigenvalue weighted by Crippen LogP contribution is -2.47. The van der Waals surface area contributed by atoms with E-state index in [1.807, 2.05) is 13.1 Å². The molecule has 0 aliphatic carbocycles. The van der Waals surface area contributed by atoms with Crippen LogP contribution < -0.4 is 14.8 Å². The second kappa shape index (κ2) is 11.4. The van der Waals surface area contributed by atoms with Gasteiger partial charge >= 0.3 is 0 Å². The van der Waals surface area contributed by atoms with Crippen molar-refractivity contribution in [1.29, 1.82) is 0 Å². The van der Waals surface area contributed by atoms with Crippen LogP contribution in [0.15, 0.2) is 52.5 Å². The SMILES string of the molecule is CNS(=O)(=O)c1cccc(OCC(O)CN[C@H]2COC3(CCN(S(=O)(=O)c4cnc5[nH]cc(C)c5c4)CC3)C2)c1. The predicted octanol–water partition coefficient (Wildman–Crippen LogP) is 1.12. The van der Waals surface area contributed by atoms with E-state index >= 15 is 0 Å². The maximum atomic E-state index is 13.3. The number of pyridine rings is 1. The van der Waals surface area contributed by atoms with E-state index in [1.165, 1.54) is 29.7 Å². The number of benzene rings is 1. The number of nitrogens with one attached hydrogen (secondary N) is 3. The summed E-state index contributed by atoms with van der Waals surface area (Å²) >= 11 is 0. The van der Waals surface area contributed by atoms with Crippen molar-refractivity contribution < 1.29 is 31.4 Å². The number of sulfonamides is 2. The summed E-state index contributed by atoms with van der Waals surface area (Å²) in [7, 11) is -5.92. The van der Waals surface area contributed by atoms with E-state index < -0.39 is 31.8 Å². The van der Waals surface area contributed by atoms with Crippen molar-refractivity contribution in [3.63, 3.8) is 0 Å². The van der Waals surface area contributed by atoms with Gasteiger partial charge in [0.25, 0.3) is 0 Å². The van der Waals surface area contributed by atoms with Crippen LogP contribution in [0.4, 0.5) is 0 Å². The van der Waals surface area contributed by atoms with E-state index in [0.717, 1.165) is 10.9 Å². The molecule has 40 heavy (non-hydrogen) atoms. The molecule has 2 aliphatic heterocycles.